The van der Waals surface area contributed by atoms with Crippen LogP contribution in [0.15, 0.2) is 0 Å². The van der Waals surface area contributed by atoms with Crippen molar-refractivity contribution >= 4 is 0 Å². The average molecular weight is 201 g/mol. The summed E-state index contributed by atoms with van der Waals surface area (Å²) in [5.41, 5.74) is 5.75. The number of methoxy groups -OCH3 is 1. The van der Waals surface area contributed by atoms with Gasteiger partial charge >= 0.3 is 0 Å². The predicted octanol–water partition coefficient (Wildman–Crippen LogP) is -0.402. The molecule has 0 spiro atoms. The summed E-state index contributed by atoms with van der Waals surface area (Å²) in [6.45, 7) is 6.01. The molecule has 1 unspecified atom stereocenters. The molecule has 1 atom stereocenters. The first kappa shape index (κ1) is 11.9. The average Bonchev–Trinajstić information content (AvgIpc) is 2.37. The molecule has 0 amide bonds. The Hall–Kier alpha value is -0.160. The molecule has 84 valence electrons. The largest absolute Gasteiger partial charge is 0.383 e. The Kier molecular flexibility index (Phi) is 5.40. The molecular formula is C10H23N3O. The van der Waals surface area contributed by atoms with Crippen LogP contribution in [0.2, 0.25) is 0 Å². The second-order valence-corrected chi connectivity index (χ2v) is 4.02. The Labute approximate surface area is 87.0 Å². The summed E-state index contributed by atoms with van der Waals surface area (Å²) in [7, 11) is 3.92. The number of nitrogens with zero attached hydrogens (tertiary/aromatic N) is 2. The monoisotopic (exact) mass is 201 g/mol. The Morgan fingerprint density at radius 1 is 1.43 bits per heavy atom. The Balaban J connectivity index is 2.37. The van der Waals surface area contributed by atoms with Crippen LogP contribution >= 0.6 is 0 Å². The quantitative estimate of drug-likeness (QED) is 0.672. The molecule has 0 aromatic heterocycles. The van der Waals surface area contributed by atoms with E-state index in [-0.39, 0.29) is 0 Å². The molecular weight excluding hydrogens is 178 g/mol. The molecule has 2 N–H and O–H groups in total. The van der Waals surface area contributed by atoms with Crippen LogP contribution in [-0.2, 0) is 4.74 Å². The van der Waals surface area contributed by atoms with Crippen molar-refractivity contribution in [3.63, 3.8) is 0 Å². The van der Waals surface area contributed by atoms with E-state index in [1.165, 1.54) is 13.0 Å². The van der Waals surface area contributed by atoms with Gasteiger partial charge in [0.1, 0.15) is 0 Å². The summed E-state index contributed by atoms with van der Waals surface area (Å²) in [5, 5.41) is 0. The van der Waals surface area contributed by atoms with E-state index in [0.717, 1.165) is 32.8 Å². The van der Waals surface area contributed by atoms with Crippen molar-refractivity contribution < 1.29 is 4.74 Å². The lowest BCUT2D eigenvalue weighted by Crippen LogP contribution is -2.44. The van der Waals surface area contributed by atoms with Crippen LogP contribution in [0, 0.1) is 0 Å². The Morgan fingerprint density at radius 2 is 2.21 bits per heavy atom. The number of hydrogen-bond donors (Lipinski definition) is 1. The molecule has 0 aromatic carbocycles. The van der Waals surface area contributed by atoms with Crippen molar-refractivity contribution in [1.82, 2.24) is 9.80 Å². The number of nitrogens with two attached hydrogens (primary N) is 1. The van der Waals surface area contributed by atoms with Crippen LogP contribution in [0.1, 0.15) is 6.42 Å². The fourth-order valence-corrected chi connectivity index (χ4v) is 1.93. The predicted molar refractivity (Wildman–Crippen MR) is 58.4 cm³/mol. The number of rotatable bonds is 4. The lowest BCUT2D eigenvalue weighted by molar-refractivity contribution is 0.139. The summed E-state index contributed by atoms with van der Waals surface area (Å²) in [4.78, 5) is 4.82. The van der Waals surface area contributed by atoms with Gasteiger partial charge in [-0.15, -0.1) is 0 Å². The highest BCUT2D eigenvalue weighted by atomic mass is 16.5. The van der Waals surface area contributed by atoms with Gasteiger partial charge in [0.2, 0.25) is 0 Å². The van der Waals surface area contributed by atoms with E-state index in [1.54, 1.807) is 7.11 Å². The van der Waals surface area contributed by atoms with Gasteiger partial charge in [-0.2, -0.15) is 0 Å². The number of ether oxygens (including phenoxy) is 1. The van der Waals surface area contributed by atoms with Crippen molar-refractivity contribution in [1.29, 1.82) is 0 Å². The van der Waals surface area contributed by atoms with Crippen molar-refractivity contribution in [3.8, 4) is 0 Å². The van der Waals surface area contributed by atoms with Gasteiger partial charge in [0.15, 0.2) is 0 Å². The van der Waals surface area contributed by atoms with Gasteiger partial charge in [-0.25, -0.2) is 0 Å². The minimum absolute atomic E-state index is 0.509. The molecule has 1 fully saturated rings. The molecule has 1 rings (SSSR count). The molecule has 1 heterocycles. The van der Waals surface area contributed by atoms with Gasteiger partial charge in [-0.3, -0.25) is 4.90 Å². The van der Waals surface area contributed by atoms with E-state index < -0.39 is 0 Å². The zero-order valence-electron chi connectivity index (χ0n) is 9.41. The van der Waals surface area contributed by atoms with Crippen molar-refractivity contribution in [2.24, 2.45) is 5.73 Å². The van der Waals surface area contributed by atoms with Gasteiger partial charge in [0.25, 0.3) is 0 Å². The Bertz CT molecular complexity index is 152. The highest BCUT2D eigenvalue weighted by Gasteiger charge is 2.20. The van der Waals surface area contributed by atoms with Crippen LogP contribution in [0.4, 0.5) is 0 Å². The molecule has 0 aliphatic carbocycles. The van der Waals surface area contributed by atoms with E-state index in [0.29, 0.717) is 6.04 Å². The smallest absolute Gasteiger partial charge is 0.0589 e. The van der Waals surface area contributed by atoms with Gasteiger partial charge in [0, 0.05) is 32.8 Å². The normalized spacial score (nSPS) is 26.4. The van der Waals surface area contributed by atoms with E-state index in [1.807, 2.05) is 0 Å². The summed E-state index contributed by atoms with van der Waals surface area (Å²) in [5.74, 6) is 0. The number of likely N-dealkylation sites (N-methyl/N-ethyl adjacent to an activating group) is 1. The summed E-state index contributed by atoms with van der Waals surface area (Å²) in [6, 6.07) is 0.509. The lowest BCUT2D eigenvalue weighted by Gasteiger charge is -2.27. The SMILES string of the molecule is COCCN1CCCN(C)C(CN)C1. The van der Waals surface area contributed by atoms with Crippen LogP contribution in [0.3, 0.4) is 0 Å². The van der Waals surface area contributed by atoms with Crippen molar-refractivity contribution in [3.05, 3.63) is 0 Å². The van der Waals surface area contributed by atoms with Crippen LogP contribution < -0.4 is 5.73 Å². The molecule has 0 radical (unpaired) electrons. The van der Waals surface area contributed by atoms with Gasteiger partial charge < -0.3 is 15.4 Å². The lowest BCUT2D eigenvalue weighted by atomic mass is 10.2. The van der Waals surface area contributed by atoms with E-state index in [2.05, 4.69) is 16.8 Å². The maximum atomic E-state index is 5.75. The van der Waals surface area contributed by atoms with Crippen molar-refractivity contribution in [2.75, 3.05) is 53.5 Å². The van der Waals surface area contributed by atoms with Crippen LogP contribution in [-0.4, -0.2) is 69.3 Å². The first-order valence-corrected chi connectivity index (χ1v) is 5.39. The van der Waals surface area contributed by atoms with Gasteiger partial charge in [-0.05, 0) is 26.6 Å². The Morgan fingerprint density at radius 3 is 2.86 bits per heavy atom. The highest BCUT2D eigenvalue weighted by Crippen LogP contribution is 2.06. The zero-order valence-corrected chi connectivity index (χ0v) is 9.41. The molecule has 0 aromatic rings. The minimum Gasteiger partial charge on any atom is -0.383 e. The molecule has 14 heavy (non-hydrogen) atoms. The third-order valence-corrected chi connectivity index (χ3v) is 2.96. The van der Waals surface area contributed by atoms with Gasteiger partial charge in [-0.1, -0.05) is 0 Å². The molecule has 1 saturated heterocycles. The first-order valence-electron chi connectivity index (χ1n) is 5.39. The molecule has 4 heteroatoms. The summed E-state index contributed by atoms with van der Waals surface area (Å²) in [6.07, 6.45) is 1.23. The standard InChI is InChI=1S/C10H23N3O/c1-12-4-3-5-13(6-7-14-2)9-10(12)8-11/h10H,3-9,11H2,1-2H3. The molecule has 0 bridgehead atoms. The maximum absolute atomic E-state index is 5.75. The molecule has 1 aliphatic heterocycles. The summed E-state index contributed by atoms with van der Waals surface area (Å²) < 4.78 is 5.09. The second kappa shape index (κ2) is 6.35. The first-order chi connectivity index (χ1) is 6.77. The number of hydrogen-bond acceptors (Lipinski definition) is 4. The third kappa shape index (κ3) is 3.53. The zero-order chi connectivity index (χ0) is 10.4. The highest BCUT2D eigenvalue weighted by molar-refractivity contribution is 4.78. The maximum Gasteiger partial charge on any atom is 0.0589 e. The third-order valence-electron chi connectivity index (χ3n) is 2.96. The fourth-order valence-electron chi connectivity index (χ4n) is 1.93. The van der Waals surface area contributed by atoms with Crippen LogP contribution in [0.5, 0.6) is 0 Å². The topological polar surface area (TPSA) is 41.7 Å². The molecule has 1 aliphatic rings. The summed E-state index contributed by atoms with van der Waals surface area (Å²) >= 11 is 0. The second-order valence-electron chi connectivity index (χ2n) is 4.02. The fraction of sp³-hybridized carbons (Fsp3) is 1.00. The van der Waals surface area contributed by atoms with Gasteiger partial charge in [0.05, 0.1) is 6.61 Å². The molecule has 4 nitrogen and oxygen atoms in total. The van der Waals surface area contributed by atoms with Crippen molar-refractivity contribution in [2.45, 2.75) is 12.5 Å². The van der Waals surface area contributed by atoms with E-state index in [4.69, 9.17) is 10.5 Å². The van der Waals surface area contributed by atoms with E-state index >= 15 is 0 Å². The van der Waals surface area contributed by atoms with E-state index in [9.17, 15) is 0 Å². The minimum atomic E-state index is 0.509. The molecule has 0 saturated carbocycles. The van der Waals surface area contributed by atoms with Crippen LogP contribution in [0.25, 0.3) is 0 Å².